The number of nitrogens with one attached hydrogen (secondary N) is 1. The van der Waals surface area contributed by atoms with Crippen molar-refractivity contribution in [1.29, 1.82) is 0 Å². The number of hydrogen-bond acceptors (Lipinski definition) is 5. The van der Waals surface area contributed by atoms with E-state index in [4.69, 9.17) is 4.42 Å². The quantitative estimate of drug-likeness (QED) is 0.920. The molecule has 1 saturated carbocycles. The predicted molar refractivity (Wildman–Crippen MR) is 83.1 cm³/mol. The Morgan fingerprint density at radius 3 is 3.23 bits per heavy atom. The number of fused-ring (bicyclic) bond motifs is 2. The summed E-state index contributed by atoms with van der Waals surface area (Å²) in [5, 5.41) is 6.12. The summed E-state index contributed by atoms with van der Waals surface area (Å²) in [7, 11) is 0. The van der Waals surface area contributed by atoms with Crippen LogP contribution in [0.2, 0.25) is 0 Å². The monoisotopic (exact) mass is 317 g/mol. The Hall–Kier alpha value is -1.66. The third-order valence-corrected chi connectivity index (χ3v) is 5.57. The Labute approximate surface area is 133 Å². The number of rotatable bonds is 5. The Balaban J connectivity index is 1.44. The van der Waals surface area contributed by atoms with Gasteiger partial charge in [0.05, 0.1) is 25.4 Å². The topological polar surface area (TPSA) is 58.4 Å². The van der Waals surface area contributed by atoms with Crippen LogP contribution in [0.3, 0.4) is 0 Å². The largest absolute Gasteiger partial charge is 0.467 e. The molecule has 2 aromatic rings. The average molecular weight is 317 g/mol. The summed E-state index contributed by atoms with van der Waals surface area (Å²) in [5.41, 5.74) is 0. The number of thiazole rings is 1. The molecule has 1 N–H and O–H groups in total. The molecule has 2 fully saturated rings. The number of furan rings is 1. The van der Waals surface area contributed by atoms with Gasteiger partial charge in [0, 0.05) is 17.6 Å². The molecule has 2 bridgehead atoms. The number of carbonyl (C=O) groups excluding carboxylic acids is 1. The molecular formula is C16H19N3O2S. The van der Waals surface area contributed by atoms with Gasteiger partial charge in [-0.25, -0.2) is 4.98 Å². The van der Waals surface area contributed by atoms with Gasteiger partial charge in [-0.1, -0.05) is 0 Å². The molecule has 3 heterocycles. The van der Waals surface area contributed by atoms with Gasteiger partial charge in [0.25, 0.3) is 0 Å². The number of piperidine rings is 1. The fraction of sp³-hybridized carbons (Fsp3) is 0.500. The van der Waals surface area contributed by atoms with Crippen LogP contribution in [0.4, 0.5) is 0 Å². The Morgan fingerprint density at radius 2 is 2.45 bits per heavy atom. The van der Waals surface area contributed by atoms with E-state index < -0.39 is 0 Å². The average Bonchev–Trinajstić information content (AvgIpc) is 3.29. The summed E-state index contributed by atoms with van der Waals surface area (Å²) in [6.07, 6.45) is 6.98. The third kappa shape index (κ3) is 2.57. The van der Waals surface area contributed by atoms with Crippen molar-refractivity contribution in [2.75, 3.05) is 0 Å². The molecule has 116 valence electrons. The Bertz CT molecular complexity index is 626. The van der Waals surface area contributed by atoms with Crippen molar-refractivity contribution in [3.05, 3.63) is 40.7 Å². The van der Waals surface area contributed by atoms with Gasteiger partial charge in [0.2, 0.25) is 5.91 Å². The van der Waals surface area contributed by atoms with Gasteiger partial charge in [-0.05, 0) is 37.3 Å². The molecule has 0 aromatic carbocycles. The lowest BCUT2D eigenvalue weighted by atomic mass is 9.98. The summed E-state index contributed by atoms with van der Waals surface area (Å²) >= 11 is 1.66. The number of carbonyl (C=O) groups is 1. The van der Waals surface area contributed by atoms with Crippen molar-refractivity contribution < 1.29 is 9.21 Å². The van der Waals surface area contributed by atoms with E-state index in [1.165, 1.54) is 6.42 Å². The van der Waals surface area contributed by atoms with E-state index in [0.717, 1.165) is 30.2 Å². The number of likely N-dealkylation sites (tertiary alicyclic amines) is 1. The lowest BCUT2D eigenvalue weighted by Crippen LogP contribution is -2.49. The molecule has 5 nitrogen and oxygen atoms in total. The van der Waals surface area contributed by atoms with Crippen LogP contribution in [-0.4, -0.2) is 27.9 Å². The molecule has 0 spiro atoms. The molecule has 1 amide bonds. The summed E-state index contributed by atoms with van der Waals surface area (Å²) in [6, 6.07) is 4.24. The maximum absolute atomic E-state index is 12.7. The van der Waals surface area contributed by atoms with Crippen LogP contribution >= 0.6 is 11.3 Å². The predicted octanol–water partition coefficient (Wildman–Crippen LogP) is 2.41. The van der Waals surface area contributed by atoms with E-state index in [1.807, 2.05) is 23.7 Å². The van der Waals surface area contributed by atoms with Gasteiger partial charge in [0.1, 0.15) is 10.8 Å². The van der Waals surface area contributed by atoms with Gasteiger partial charge < -0.3 is 9.73 Å². The van der Waals surface area contributed by atoms with Crippen molar-refractivity contribution in [2.45, 2.75) is 44.4 Å². The fourth-order valence-electron chi connectivity index (χ4n) is 3.85. The van der Waals surface area contributed by atoms with Gasteiger partial charge in [0.15, 0.2) is 0 Å². The van der Waals surface area contributed by atoms with Crippen LogP contribution in [0.25, 0.3) is 0 Å². The lowest BCUT2D eigenvalue weighted by molar-refractivity contribution is -0.128. The smallest absolute Gasteiger partial charge is 0.238 e. The molecule has 3 unspecified atom stereocenters. The zero-order valence-corrected chi connectivity index (χ0v) is 13.1. The van der Waals surface area contributed by atoms with Gasteiger partial charge in [-0.15, -0.1) is 11.3 Å². The zero-order valence-electron chi connectivity index (χ0n) is 12.3. The highest BCUT2D eigenvalue weighted by Gasteiger charge is 2.49. The minimum absolute atomic E-state index is 0.0161. The highest BCUT2D eigenvalue weighted by atomic mass is 32.1. The first-order valence-electron chi connectivity index (χ1n) is 7.75. The van der Waals surface area contributed by atoms with Crippen LogP contribution < -0.4 is 5.32 Å². The highest BCUT2D eigenvalue weighted by molar-refractivity contribution is 7.09. The molecule has 4 rings (SSSR count). The SMILES string of the molecule is O=C(NCc1ccco1)C1C2CCC(C2)N1Cc1nccs1. The second-order valence-corrected chi connectivity index (χ2v) is 7.05. The number of nitrogens with zero attached hydrogens (tertiary/aromatic N) is 2. The van der Waals surface area contributed by atoms with Gasteiger partial charge in [-0.3, -0.25) is 9.69 Å². The molecule has 2 aliphatic rings. The molecule has 1 saturated heterocycles. The van der Waals surface area contributed by atoms with Crippen molar-refractivity contribution in [2.24, 2.45) is 5.92 Å². The van der Waals surface area contributed by atoms with E-state index in [2.05, 4.69) is 15.2 Å². The summed E-state index contributed by atoms with van der Waals surface area (Å²) in [4.78, 5) is 19.4. The van der Waals surface area contributed by atoms with E-state index in [0.29, 0.717) is 18.5 Å². The van der Waals surface area contributed by atoms with Crippen LogP contribution in [0.5, 0.6) is 0 Å². The van der Waals surface area contributed by atoms with Crippen LogP contribution in [0.15, 0.2) is 34.4 Å². The fourth-order valence-corrected chi connectivity index (χ4v) is 4.47. The molecule has 0 radical (unpaired) electrons. The normalized spacial score (nSPS) is 27.4. The van der Waals surface area contributed by atoms with Crippen molar-refractivity contribution >= 4 is 17.2 Å². The van der Waals surface area contributed by atoms with Crippen molar-refractivity contribution in [3.8, 4) is 0 Å². The van der Waals surface area contributed by atoms with Crippen LogP contribution in [0.1, 0.15) is 30.0 Å². The molecular weight excluding hydrogens is 298 g/mol. The van der Waals surface area contributed by atoms with E-state index in [9.17, 15) is 4.79 Å². The number of hydrogen-bond donors (Lipinski definition) is 1. The van der Waals surface area contributed by atoms with E-state index in [1.54, 1.807) is 17.6 Å². The Morgan fingerprint density at radius 1 is 1.50 bits per heavy atom. The van der Waals surface area contributed by atoms with Gasteiger partial charge >= 0.3 is 0 Å². The number of amides is 1. The zero-order chi connectivity index (χ0) is 14.9. The van der Waals surface area contributed by atoms with Crippen LogP contribution in [0, 0.1) is 5.92 Å². The first-order chi connectivity index (χ1) is 10.8. The lowest BCUT2D eigenvalue weighted by Gasteiger charge is -2.33. The molecule has 1 aliphatic carbocycles. The number of aromatic nitrogens is 1. The third-order valence-electron chi connectivity index (χ3n) is 4.81. The summed E-state index contributed by atoms with van der Waals surface area (Å²) < 4.78 is 5.28. The van der Waals surface area contributed by atoms with Gasteiger partial charge in [-0.2, -0.15) is 0 Å². The Kier molecular flexibility index (Phi) is 3.72. The summed E-state index contributed by atoms with van der Waals surface area (Å²) in [6.45, 7) is 1.25. The minimum atomic E-state index is -0.0161. The standard InChI is InChI=1S/C16H19N3O2S/c20-16(18-9-13-2-1-6-21-13)15-11-3-4-12(8-11)19(15)10-14-17-5-7-22-14/h1-2,5-7,11-12,15H,3-4,8-10H2,(H,18,20). The molecule has 2 aromatic heterocycles. The first-order valence-corrected chi connectivity index (χ1v) is 8.63. The molecule has 6 heteroatoms. The van der Waals surface area contributed by atoms with Crippen LogP contribution in [-0.2, 0) is 17.9 Å². The van der Waals surface area contributed by atoms with E-state index in [-0.39, 0.29) is 11.9 Å². The second-order valence-electron chi connectivity index (χ2n) is 6.07. The molecule has 3 atom stereocenters. The maximum atomic E-state index is 12.7. The molecule has 1 aliphatic heterocycles. The van der Waals surface area contributed by atoms with E-state index >= 15 is 0 Å². The molecule has 22 heavy (non-hydrogen) atoms. The first kappa shape index (κ1) is 14.0. The van der Waals surface area contributed by atoms with Crippen molar-refractivity contribution in [1.82, 2.24) is 15.2 Å². The highest BCUT2D eigenvalue weighted by Crippen LogP contribution is 2.43. The minimum Gasteiger partial charge on any atom is -0.467 e. The summed E-state index contributed by atoms with van der Waals surface area (Å²) in [5.74, 6) is 1.41. The van der Waals surface area contributed by atoms with Crippen molar-refractivity contribution in [3.63, 3.8) is 0 Å². The maximum Gasteiger partial charge on any atom is 0.238 e. The second kappa shape index (κ2) is 5.85.